The van der Waals surface area contributed by atoms with Crippen LogP contribution in [-0.2, 0) is 6.61 Å². The maximum absolute atomic E-state index is 13.2. The Morgan fingerprint density at radius 3 is 2.69 bits per heavy atom. The number of aromatic nitrogens is 2. The monoisotopic (exact) mass is 496 g/mol. The topological polar surface area (TPSA) is 70.2 Å². The van der Waals surface area contributed by atoms with E-state index in [0.29, 0.717) is 24.5 Å². The van der Waals surface area contributed by atoms with Crippen LogP contribution in [0, 0.1) is 0 Å². The number of carbonyl (C=O) groups excluding carboxylic acids is 1. The summed E-state index contributed by atoms with van der Waals surface area (Å²) in [6.07, 6.45) is 2.05. The molecule has 0 aliphatic heterocycles. The van der Waals surface area contributed by atoms with Gasteiger partial charge in [-0.05, 0) is 47.5 Å². The van der Waals surface area contributed by atoms with E-state index in [1.54, 1.807) is 17.6 Å². The summed E-state index contributed by atoms with van der Waals surface area (Å²) in [6, 6.07) is 24.0. The zero-order chi connectivity index (χ0) is 24.9. The van der Waals surface area contributed by atoms with Gasteiger partial charge in [-0.3, -0.25) is 4.79 Å². The first-order valence-corrected chi connectivity index (χ1v) is 12.7. The fourth-order valence-electron chi connectivity index (χ4n) is 4.28. The Labute approximate surface area is 214 Å². The fraction of sp³-hybridized carbons (Fsp3) is 0.172. The number of fused-ring (bicyclic) bond motifs is 1. The van der Waals surface area contributed by atoms with E-state index in [1.165, 1.54) is 11.3 Å². The lowest BCUT2D eigenvalue weighted by Crippen LogP contribution is -2.29. The number of thiazole rings is 1. The molecule has 36 heavy (non-hydrogen) atoms. The molecule has 0 radical (unpaired) electrons. The van der Waals surface area contributed by atoms with Crippen LogP contribution in [0.25, 0.3) is 10.9 Å². The van der Waals surface area contributed by atoms with Crippen molar-refractivity contribution in [3.63, 3.8) is 0 Å². The number of aromatic amines is 1. The SMILES string of the molecule is CN(C)c1ccc(C(CNC(=O)c2cccc(OCc3cscn3)c2)c2c[nH]c3ccccc23)cc1. The Kier molecular flexibility index (Phi) is 7.00. The molecule has 0 spiro atoms. The number of hydrogen-bond acceptors (Lipinski definition) is 5. The number of anilines is 1. The smallest absolute Gasteiger partial charge is 0.251 e. The van der Waals surface area contributed by atoms with Crippen LogP contribution >= 0.6 is 11.3 Å². The van der Waals surface area contributed by atoms with E-state index >= 15 is 0 Å². The highest BCUT2D eigenvalue weighted by Crippen LogP contribution is 2.31. The molecular formula is C29H28N4O2S. The summed E-state index contributed by atoms with van der Waals surface area (Å²) in [5.41, 5.74) is 7.73. The molecule has 1 unspecified atom stereocenters. The molecule has 3 aromatic carbocycles. The minimum atomic E-state index is -0.135. The third-order valence-corrected chi connectivity index (χ3v) is 6.88. The molecule has 2 heterocycles. The van der Waals surface area contributed by atoms with E-state index in [9.17, 15) is 4.79 Å². The second-order valence-corrected chi connectivity index (χ2v) is 9.55. The zero-order valence-electron chi connectivity index (χ0n) is 20.3. The normalized spacial score (nSPS) is 11.8. The Morgan fingerprint density at radius 1 is 1.08 bits per heavy atom. The van der Waals surface area contributed by atoms with Crippen molar-refractivity contribution in [1.82, 2.24) is 15.3 Å². The predicted molar refractivity (Wildman–Crippen MR) is 146 cm³/mol. The van der Waals surface area contributed by atoms with Gasteiger partial charge in [-0.2, -0.15) is 0 Å². The van der Waals surface area contributed by atoms with Crippen molar-refractivity contribution < 1.29 is 9.53 Å². The third kappa shape index (κ3) is 5.26. The Balaban J connectivity index is 1.36. The molecule has 0 aliphatic rings. The summed E-state index contributed by atoms with van der Waals surface area (Å²) >= 11 is 1.53. The molecule has 5 rings (SSSR count). The lowest BCUT2D eigenvalue weighted by atomic mass is 9.90. The zero-order valence-corrected chi connectivity index (χ0v) is 21.1. The van der Waals surface area contributed by atoms with E-state index in [2.05, 4.69) is 56.6 Å². The molecular weight excluding hydrogens is 468 g/mol. The molecule has 0 bridgehead atoms. The highest BCUT2D eigenvalue weighted by molar-refractivity contribution is 7.07. The number of nitrogens with one attached hydrogen (secondary N) is 2. The van der Waals surface area contributed by atoms with Gasteiger partial charge in [-0.25, -0.2) is 4.98 Å². The summed E-state index contributed by atoms with van der Waals surface area (Å²) < 4.78 is 5.83. The van der Waals surface area contributed by atoms with Gasteiger partial charge in [0.25, 0.3) is 5.91 Å². The first-order valence-electron chi connectivity index (χ1n) is 11.8. The van der Waals surface area contributed by atoms with Crippen LogP contribution in [0.2, 0.25) is 0 Å². The Bertz CT molecular complexity index is 1440. The van der Waals surface area contributed by atoms with Crippen LogP contribution < -0.4 is 15.0 Å². The highest BCUT2D eigenvalue weighted by atomic mass is 32.1. The number of H-pyrrole nitrogens is 1. The first kappa shape index (κ1) is 23.6. The van der Waals surface area contributed by atoms with Gasteiger partial charge >= 0.3 is 0 Å². The predicted octanol–water partition coefficient (Wildman–Crippen LogP) is 5.83. The fourth-order valence-corrected chi connectivity index (χ4v) is 4.83. The van der Waals surface area contributed by atoms with Crippen molar-refractivity contribution in [2.24, 2.45) is 0 Å². The molecule has 0 fully saturated rings. The molecule has 1 atom stereocenters. The summed E-state index contributed by atoms with van der Waals surface area (Å²) in [6.45, 7) is 0.839. The Morgan fingerprint density at radius 2 is 1.92 bits per heavy atom. The molecule has 6 nitrogen and oxygen atoms in total. The van der Waals surface area contributed by atoms with Crippen molar-refractivity contribution in [3.05, 3.63) is 112 Å². The maximum atomic E-state index is 13.2. The molecule has 0 saturated heterocycles. The maximum Gasteiger partial charge on any atom is 0.251 e. The number of hydrogen-bond donors (Lipinski definition) is 2. The highest BCUT2D eigenvalue weighted by Gasteiger charge is 2.20. The van der Waals surface area contributed by atoms with Gasteiger partial charge in [0.15, 0.2) is 0 Å². The van der Waals surface area contributed by atoms with Crippen LogP contribution in [0.3, 0.4) is 0 Å². The number of benzene rings is 3. The van der Waals surface area contributed by atoms with Crippen LogP contribution in [-0.4, -0.2) is 36.5 Å². The average Bonchev–Trinajstić information content (AvgIpc) is 3.58. The van der Waals surface area contributed by atoms with Gasteiger partial charge in [-0.15, -0.1) is 11.3 Å². The van der Waals surface area contributed by atoms with Gasteiger partial charge in [0.05, 0.1) is 11.2 Å². The van der Waals surface area contributed by atoms with Gasteiger partial charge < -0.3 is 19.9 Å². The summed E-state index contributed by atoms with van der Waals surface area (Å²) in [7, 11) is 4.06. The minimum absolute atomic E-state index is 0.00888. The molecule has 2 N–H and O–H groups in total. The molecule has 1 amide bonds. The Hall–Kier alpha value is -4.10. The van der Waals surface area contributed by atoms with E-state index in [-0.39, 0.29) is 11.8 Å². The molecule has 182 valence electrons. The van der Waals surface area contributed by atoms with Crippen LogP contribution in [0.5, 0.6) is 5.75 Å². The summed E-state index contributed by atoms with van der Waals surface area (Å²) in [5, 5.41) is 6.26. The lowest BCUT2D eigenvalue weighted by molar-refractivity contribution is 0.0952. The van der Waals surface area contributed by atoms with Gasteiger partial charge in [0, 0.05) is 60.3 Å². The second-order valence-electron chi connectivity index (χ2n) is 8.83. The van der Waals surface area contributed by atoms with E-state index < -0.39 is 0 Å². The van der Waals surface area contributed by atoms with Crippen molar-refractivity contribution in [2.45, 2.75) is 12.5 Å². The van der Waals surface area contributed by atoms with Crippen molar-refractivity contribution in [1.29, 1.82) is 0 Å². The largest absolute Gasteiger partial charge is 0.487 e. The quantitative estimate of drug-likeness (QED) is 0.269. The number of nitrogens with zero attached hydrogens (tertiary/aromatic N) is 2. The van der Waals surface area contributed by atoms with Gasteiger partial charge in [0.1, 0.15) is 12.4 Å². The average molecular weight is 497 g/mol. The summed E-state index contributed by atoms with van der Waals surface area (Å²) in [5.74, 6) is 0.498. The molecule has 2 aromatic heterocycles. The molecule has 5 aromatic rings. The second kappa shape index (κ2) is 10.7. The number of ether oxygens (including phenoxy) is 1. The third-order valence-electron chi connectivity index (χ3n) is 6.24. The van der Waals surface area contributed by atoms with Crippen molar-refractivity contribution in [3.8, 4) is 5.75 Å². The first-order chi connectivity index (χ1) is 17.6. The van der Waals surface area contributed by atoms with Crippen LogP contribution in [0.4, 0.5) is 5.69 Å². The van der Waals surface area contributed by atoms with E-state index in [1.807, 2.05) is 49.9 Å². The standard InChI is InChI=1S/C29H28N4O2S/c1-33(2)23-12-10-20(11-13-23)26(27-16-30-28-9-4-3-8-25(27)28)15-31-29(34)21-6-5-7-24(14-21)35-17-22-18-36-19-32-22/h3-14,16,18-19,26,30H,15,17H2,1-2H3,(H,31,34). The van der Waals surface area contributed by atoms with E-state index in [4.69, 9.17) is 4.74 Å². The number of para-hydroxylation sites is 1. The van der Waals surface area contributed by atoms with Gasteiger partial charge in [0.2, 0.25) is 0 Å². The number of rotatable bonds is 9. The number of amides is 1. The van der Waals surface area contributed by atoms with Crippen molar-refractivity contribution >= 4 is 33.8 Å². The molecule has 0 aliphatic carbocycles. The van der Waals surface area contributed by atoms with Crippen LogP contribution in [0.1, 0.15) is 33.1 Å². The summed E-state index contributed by atoms with van der Waals surface area (Å²) in [4.78, 5) is 22.8. The van der Waals surface area contributed by atoms with Gasteiger partial charge in [-0.1, -0.05) is 36.4 Å². The minimum Gasteiger partial charge on any atom is -0.487 e. The molecule has 0 saturated carbocycles. The molecule has 7 heteroatoms. The van der Waals surface area contributed by atoms with E-state index in [0.717, 1.165) is 33.4 Å². The van der Waals surface area contributed by atoms with Crippen LogP contribution in [0.15, 0.2) is 89.9 Å². The van der Waals surface area contributed by atoms with Crippen molar-refractivity contribution in [2.75, 3.05) is 25.5 Å². The lowest BCUT2D eigenvalue weighted by Gasteiger charge is -2.20. The number of carbonyl (C=O) groups is 1.